The minimum Gasteiger partial charge on any atom is -0.462 e. The van der Waals surface area contributed by atoms with Gasteiger partial charge in [0.2, 0.25) is 0 Å². The minimum atomic E-state index is -0.151. The Balaban J connectivity index is 2.88. The predicted octanol–water partition coefficient (Wildman–Crippen LogP) is 4.42. The first kappa shape index (κ1) is 15.0. The zero-order valence-corrected chi connectivity index (χ0v) is 12.2. The molecule has 0 saturated heterocycles. The number of hydrogen-bond donors (Lipinski definition) is 0. The summed E-state index contributed by atoms with van der Waals surface area (Å²) in [6.45, 7) is 8.03. The summed E-state index contributed by atoms with van der Waals surface area (Å²) in [6, 6.07) is 7.76. The fourth-order valence-corrected chi connectivity index (χ4v) is 2.37. The average molecular weight is 269 g/mol. The Morgan fingerprint density at radius 3 is 2.22 bits per heavy atom. The van der Waals surface area contributed by atoms with Crippen LogP contribution in [0, 0.1) is 5.92 Å². The fraction of sp³-hybridized carbons (Fsp3) is 0.533. The lowest BCUT2D eigenvalue weighted by Gasteiger charge is -2.27. The summed E-state index contributed by atoms with van der Waals surface area (Å²) >= 11 is 5.90. The molecule has 0 saturated carbocycles. The number of benzene rings is 1. The van der Waals surface area contributed by atoms with Crippen LogP contribution in [0.2, 0.25) is 5.02 Å². The lowest BCUT2D eigenvalue weighted by molar-refractivity contribution is -0.149. The molecule has 2 atom stereocenters. The minimum absolute atomic E-state index is 0.126. The van der Waals surface area contributed by atoms with E-state index >= 15 is 0 Å². The van der Waals surface area contributed by atoms with E-state index in [4.69, 9.17) is 16.3 Å². The molecule has 100 valence electrons. The summed E-state index contributed by atoms with van der Waals surface area (Å²) in [5.74, 6) is 0.436. The van der Waals surface area contributed by atoms with Gasteiger partial charge in [0.15, 0.2) is 0 Å². The van der Waals surface area contributed by atoms with Gasteiger partial charge in [-0.25, -0.2) is 0 Å². The first-order chi connectivity index (χ1) is 8.45. The molecule has 0 aliphatic carbocycles. The van der Waals surface area contributed by atoms with Gasteiger partial charge in [0.05, 0.1) is 0 Å². The highest BCUT2D eigenvalue weighted by Gasteiger charge is 2.25. The van der Waals surface area contributed by atoms with Gasteiger partial charge in [-0.1, -0.05) is 44.5 Å². The molecule has 3 heteroatoms. The standard InChI is InChI=1S/C15H21ClO2/c1-5-14(17)18-11(4)15(10(2)3)12-6-8-13(16)9-7-12/h6-11,15H,5H2,1-4H3/t11?,15-/m1/s1. The van der Waals surface area contributed by atoms with Crippen molar-refractivity contribution in [2.75, 3.05) is 0 Å². The van der Waals surface area contributed by atoms with Crippen LogP contribution in [0.1, 0.15) is 45.6 Å². The maximum absolute atomic E-state index is 11.4. The van der Waals surface area contributed by atoms with Crippen molar-refractivity contribution in [2.45, 2.75) is 46.1 Å². The molecule has 1 unspecified atom stereocenters. The van der Waals surface area contributed by atoms with Crippen molar-refractivity contribution >= 4 is 17.6 Å². The molecule has 0 radical (unpaired) electrons. The van der Waals surface area contributed by atoms with Gasteiger partial charge in [0, 0.05) is 17.4 Å². The first-order valence-corrected chi connectivity index (χ1v) is 6.78. The van der Waals surface area contributed by atoms with Crippen LogP contribution in [0.5, 0.6) is 0 Å². The molecular formula is C15H21ClO2. The molecule has 1 rings (SSSR count). The lowest BCUT2D eigenvalue weighted by Crippen LogP contribution is -2.26. The van der Waals surface area contributed by atoms with E-state index in [1.54, 1.807) is 0 Å². The lowest BCUT2D eigenvalue weighted by atomic mass is 9.84. The second kappa shape index (κ2) is 6.79. The van der Waals surface area contributed by atoms with Crippen LogP contribution >= 0.6 is 11.6 Å². The van der Waals surface area contributed by atoms with Gasteiger partial charge in [-0.2, -0.15) is 0 Å². The predicted molar refractivity (Wildman–Crippen MR) is 74.9 cm³/mol. The van der Waals surface area contributed by atoms with Crippen molar-refractivity contribution < 1.29 is 9.53 Å². The Kier molecular flexibility index (Phi) is 5.67. The molecule has 0 bridgehead atoms. The van der Waals surface area contributed by atoms with Gasteiger partial charge < -0.3 is 4.74 Å². The van der Waals surface area contributed by atoms with Gasteiger partial charge in [-0.3, -0.25) is 4.79 Å². The van der Waals surface area contributed by atoms with Crippen molar-refractivity contribution in [1.82, 2.24) is 0 Å². The smallest absolute Gasteiger partial charge is 0.305 e. The molecule has 0 aromatic heterocycles. The zero-order valence-electron chi connectivity index (χ0n) is 11.4. The van der Waals surface area contributed by atoms with Crippen LogP contribution < -0.4 is 0 Å². The molecule has 0 heterocycles. The molecule has 1 aromatic rings. The van der Waals surface area contributed by atoms with Crippen molar-refractivity contribution in [3.63, 3.8) is 0 Å². The second-order valence-corrected chi connectivity index (χ2v) is 5.31. The summed E-state index contributed by atoms with van der Waals surface area (Å²) in [6.07, 6.45) is 0.286. The van der Waals surface area contributed by atoms with E-state index in [2.05, 4.69) is 13.8 Å². The maximum atomic E-state index is 11.4. The van der Waals surface area contributed by atoms with Gasteiger partial charge in [0.25, 0.3) is 0 Å². The molecule has 1 aromatic carbocycles. The van der Waals surface area contributed by atoms with Crippen LogP contribution in [0.25, 0.3) is 0 Å². The van der Waals surface area contributed by atoms with Crippen molar-refractivity contribution in [2.24, 2.45) is 5.92 Å². The van der Waals surface area contributed by atoms with Crippen LogP contribution in [0.3, 0.4) is 0 Å². The van der Waals surface area contributed by atoms with E-state index in [1.807, 2.05) is 38.1 Å². The number of hydrogen-bond acceptors (Lipinski definition) is 2. The van der Waals surface area contributed by atoms with Gasteiger partial charge in [-0.15, -0.1) is 0 Å². The van der Waals surface area contributed by atoms with Crippen LogP contribution in [0.4, 0.5) is 0 Å². The molecule has 2 nitrogen and oxygen atoms in total. The van der Waals surface area contributed by atoms with Crippen LogP contribution in [-0.2, 0) is 9.53 Å². The number of rotatable bonds is 5. The zero-order chi connectivity index (χ0) is 13.7. The van der Waals surface area contributed by atoms with Crippen molar-refractivity contribution in [3.8, 4) is 0 Å². The summed E-state index contributed by atoms with van der Waals surface area (Å²) < 4.78 is 5.44. The van der Waals surface area contributed by atoms with E-state index in [0.29, 0.717) is 12.3 Å². The molecule has 0 fully saturated rings. The number of carbonyl (C=O) groups is 1. The van der Waals surface area contributed by atoms with E-state index < -0.39 is 0 Å². The highest BCUT2D eigenvalue weighted by atomic mass is 35.5. The first-order valence-electron chi connectivity index (χ1n) is 6.40. The van der Waals surface area contributed by atoms with Crippen LogP contribution in [-0.4, -0.2) is 12.1 Å². The molecular weight excluding hydrogens is 248 g/mol. The van der Waals surface area contributed by atoms with E-state index in [1.165, 1.54) is 0 Å². The SMILES string of the molecule is CCC(=O)OC(C)[C@H](c1ccc(Cl)cc1)C(C)C. The quantitative estimate of drug-likeness (QED) is 0.739. The second-order valence-electron chi connectivity index (χ2n) is 4.87. The Morgan fingerprint density at radius 1 is 1.22 bits per heavy atom. The number of esters is 1. The fourth-order valence-electron chi connectivity index (χ4n) is 2.25. The third kappa shape index (κ3) is 4.02. The van der Waals surface area contributed by atoms with Gasteiger partial charge in [0.1, 0.15) is 6.10 Å². The summed E-state index contributed by atoms with van der Waals surface area (Å²) in [7, 11) is 0. The Morgan fingerprint density at radius 2 is 1.78 bits per heavy atom. The average Bonchev–Trinajstić information content (AvgIpc) is 2.31. The topological polar surface area (TPSA) is 26.3 Å². The molecule has 0 amide bonds. The summed E-state index contributed by atoms with van der Waals surface area (Å²) in [4.78, 5) is 11.4. The highest BCUT2D eigenvalue weighted by Crippen LogP contribution is 2.30. The summed E-state index contributed by atoms with van der Waals surface area (Å²) in [5, 5.41) is 0.722. The monoisotopic (exact) mass is 268 g/mol. The van der Waals surface area contributed by atoms with Crippen molar-refractivity contribution in [1.29, 1.82) is 0 Å². The molecule has 0 aliphatic heterocycles. The van der Waals surface area contributed by atoms with E-state index in [9.17, 15) is 4.79 Å². The molecule has 0 N–H and O–H groups in total. The maximum Gasteiger partial charge on any atom is 0.305 e. The number of halogens is 1. The normalized spacial score (nSPS) is 14.3. The van der Waals surface area contributed by atoms with Crippen molar-refractivity contribution in [3.05, 3.63) is 34.9 Å². The summed E-state index contributed by atoms with van der Waals surface area (Å²) in [5.41, 5.74) is 1.16. The molecule has 0 aliphatic rings. The Labute approximate surface area is 114 Å². The largest absolute Gasteiger partial charge is 0.462 e. The Bertz CT molecular complexity index is 384. The Hall–Kier alpha value is -1.02. The highest BCUT2D eigenvalue weighted by molar-refractivity contribution is 6.30. The van der Waals surface area contributed by atoms with Gasteiger partial charge in [-0.05, 0) is 30.5 Å². The third-order valence-corrected chi connectivity index (χ3v) is 3.34. The van der Waals surface area contributed by atoms with Crippen LogP contribution in [0.15, 0.2) is 24.3 Å². The number of carbonyl (C=O) groups excluding carboxylic acids is 1. The van der Waals surface area contributed by atoms with E-state index in [-0.39, 0.29) is 18.0 Å². The molecule has 0 spiro atoms. The number of ether oxygens (including phenoxy) is 1. The van der Waals surface area contributed by atoms with Gasteiger partial charge >= 0.3 is 5.97 Å². The molecule has 18 heavy (non-hydrogen) atoms. The van der Waals surface area contributed by atoms with E-state index in [0.717, 1.165) is 10.6 Å². The third-order valence-electron chi connectivity index (χ3n) is 3.08.